The third-order valence-electron chi connectivity index (χ3n) is 2.46. The van der Waals surface area contributed by atoms with E-state index in [9.17, 15) is 13.2 Å². The number of aromatic amines is 1. The third kappa shape index (κ3) is 4.04. The molecule has 0 saturated carbocycles. The Balaban J connectivity index is 2.04. The number of carbonyl (C=O) groups is 1. The van der Waals surface area contributed by atoms with Crippen molar-refractivity contribution in [2.75, 3.05) is 23.8 Å². The number of amides is 1. The molecule has 0 aliphatic carbocycles. The lowest BCUT2D eigenvalue weighted by molar-refractivity contribution is -0.119. The van der Waals surface area contributed by atoms with Gasteiger partial charge in [-0.05, 0) is 30.3 Å². The number of nitrogens with one attached hydrogen (secondary N) is 3. The van der Waals surface area contributed by atoms with E-state index in [1.165, 1.54) is 31.5 Å². The Hall–Kier alpha value is -2.39. The Kier molecular flexibility index (Phi) is 4.55. The number of H-pyrrole nitrogens is 1. The second-order valence-corrected chi connectivity index (χ2v) is 5.74. The molecule has 1 aromatic heterocycles. The fourth-order valence-electron chi connectivity index (χ4n) is 1.55. The number of methoxy groups -OCH3 is 1. The van der Waals surface area contributed by atoms with Gasteiger partial charge in [0.1, 0.15) is 6.61 Å². The molecule has 1 amide bonds. The number of carbonyl (C=O) groups excluding carboxylic acids is 1. The predicted octanol–water partition coefficient (Wildman–Crippen LogP) is 0.795. The number of anilines is 2. The second-order valence-electron chi connectivity index (χ2n) is 4.08. The molecule has 8 nitrogen and oxygen atoms in total. The van der Waals surface area contributed by atoms with Gasteiger partial charge in [0.15, 0.2) is 5.03 Å². The van der Waals surface area contributed by atoms with Crippen LogP contribution in [0, 0.1) is 0 Å². The highest BCUT2D eigenvalue weighted by Gasteiger charge is 2.15. The number of rotatable bonds is 6. The van der Waals surface area contributed by atoms with E-state index in [0.717, 1.165) is 0 Å². The predicted molar refractivity (Wildman–Crippen MR) is 76.3 cm³/mol. The van der Waals surface area contributed by atoms with Gasteiger partial charge in [0.25, 0.3) is 10.0 Å². The highest BCUT2D eigenvalue weighted by atomic mass is 32.2. The monoisotopic (exact) mass is 310 g/mol. The van der Waals surface area contributed by atoms with Crippen LogP contribution in [-0.4, -0.2) is 38.2 Å². The summed E-state index contributed by atoms with van der Waals surface area (Å²) in [6.45, 7) is -0.0474. The van der Waals surface area contributed by atoms with E-state index in [-0.39, 0.29) is 17.5 Å². The molecular formula is C12H14N4O4S. The van der Waals surface area contributed by atoms with Crippen LogP contribution in [0.5, 0.6) is 0 Å². The van der Waals surface area contributed by atoms with Crippen molar-refractivity contribution in [1.82, 2.24) is 10.2 Å². The summed E-state index contributed by atoms with van der Waals surface area (Å²) < 4.78 is 31.0. The number of nitrogens with zero attached hydrogens (tertiary/aromatic N) is 1. The molecular weight excluding hydrogens is 296 g/mol. The van der Waals surface area contributed by atoms with Crippen LogP contribution in [0.3, 0.4) is 0 Å². The number of sulfonamides is 1. The van der Waals surface area contributed by atoms with Crippen molar-refractivity contribution in [2.24, 2.45) is 0 Å². The molecule has 9 heteroatoms. The zero-order valence-electron chi connectivity index (χ0n) is 11.2. The number of benzene rings is 1. The summed E-state index contributed by atoms with van der Waals surface area (Å²) in [5, 5.41) is 8.54. The van der Waals surface area contributed by atoms with Crippen LogP contribution in [-0.2, 0) is 19.6 Å². The summed E-state index contributed by atoms with van der Waals surface area (Å²) in [6, 6.07) is 7.59. The van der Waals surface area contributed by atoms with Gasteiger partial charge < -0.3 is 10.1 Å². The van der Waals surface area contributed by atoms with E-state index in [0.29, 0.717) is 11.4 Å². The Labute approximate surface area is 121 Å². The molecule has 3 N–H and O–H groups in total. The minimum Gasteiger partial charge on any atom is -0.375 e. The highest BCUT2D eigenvalue weighted by Crippen LogP contribution is 2.17. The van der Waals surface area contributed by atoms with E-state index >= 15 is 0 Å². The normalized spacial score (nSPS) is 11.1. The van der Waals surface area contributed by atoms with Gasteiger partial charge in [-0.3, -0.25) is 14.6 Å². The molecule has 0 aliphatic rings. The highest BCUT2D eigenvalue weighted by molar-refractivity contribution is 7.92. The molecule has 21 heavy (non-hydrogen) atoms. The van der Waals surface area contributed by atoms with E-state index < -0.39 is 10.0 Å². The van der Waals surface area contributed by atoms with Crippen LogP contribution >= 0.6 is 0 Å². The van der Waals surface area contributed by atoms with Gasteiger partial charge in [-0.15, -0.1) is 0 Å². The van der Waals surface area contributed by atoms with Crippen LogP contribution < -0.4 is 10.0 Å². The van der Waals surface area contributed by atoms with E-state index in [1.54, 1.807) is 12.1 Å². The second kappa shape index (κ2) is 6.37. The topological polar surface area (TPSA) is 113 Å². The average molecular weight is 310 g/mol. The van der Waals surface area contributed by atoms with Crippen molar-refractivity contribution in [3.8, 4) is 0 Å². The first-order valence-electron chi connectivity index (χ1n) is 5.92. The smallest absolute Gasteiger partial charge is 0.278 e. The number of ether oxygens (including phenoxy) is 1. The molecule has 0 aliphatic heterocycles. The summed E-state index contributed by atoms with van der Waals surface area (Å²) in [5.41, 5.74) is 0.913. The Morgan fingerprint density at radius 3 is 2.48 bits per heavy atom. The van der Waals surface area contributed by atoms with Gasteiger partial charge >= 0.3 is 0 Å². The fourth-order valence-corrected chi connectivity index (χ4v) is 2.52. The first-order chi connectivity index (χ1) is 10.0. The zero-order chi connectivity index (χ0) is 15.3. The lowest BCUT2D eigenvalue weighted by atomic mass is 10.3. The summed E-state index contributed by atoms with van der Waals surface area (Å²) >= 11 is 0. The van der Waals surface area contributed by atoms with Crippen molar-refractivity contribution in [2.45, 2.75) is 5.03 Å². The molecule has 0 spiro atoms. The number of hydrogen-bond acceptors (Lipinski definition) is 5. The van der Waals surface area contributed by atoms with Gasteiger partial charge in [0, 0.05) is 18.5 Å². The summed E-state index contributed by atoms with van der Waals surface area (Å²) in [6.07, 6.45) is 1.35. The first-order valence-corrected chi connectivity index (χ1v) is 7.40. The Morgan fingerprint density at radius 1 is 1.24 bits per heavy atom. The Bertz CT molecular complexity index is 695. The minimum absolute atomic E-state index is 0.0278. The average Bonchev–Trinajstić information content (AvgIpc) is 2.96. The van der Waals surface area contributed by atoms with Crippen molar-refractivity contribution in [1.29, 1.82) is 0 Å². The molecule has 0 atom stereocenters. The molecule has 112 valence electrons. The van der Waals surface area contributed by atoms with E-state index in [1.807, 2.05) is 0 Å². The van der Waals surface area contributed by atoms with Crippen LogP contribution in [0.25, 0.3) is 0 Å². The van der Waals surface area contributed by atoms with Crippen LogP contribution in [0.4, 0.5) is 11.4 Å². The maximum Gasteiger partial charge on any atom is 0.278 e. The maximum atomic E-state index is 11.9. The third-order valence-corrected chi connectivity index (χ3v) is 3.77. The van der Waals surface area contributed by atoms with Gasteiger partial charge in [0.05, 0.1) is 6.20 Å². The van der Waals surface area contributed by atoms with E-state index in [2.05, 4.69) is 20.2 Å². The lowest BCUT2D eigenvalue weighted by Gasteiger charge is -2.08. The van der Waals surface area contributed by atoms with Crippen molar-refractivity contribution >= 4 is 27.3 Å². The minimum atomic E-state index is -3.69. The standard InChI is InChI=1S/C12H14N4O4S/c1-20-8-11(17)14-9-2-4-10(5-3-9)16-21(18,19)12-6-7-13-15-12/h2-7,16H,8H2,1H3,(H,13,15)(H,14,17). The largest absolute Gasteiger partial charge is 0.375 e. The molecule has 0 saturated heterocycles. The van der Waals surface area contributed by atoms with Crippen LogP contribution in [0.2, 0.25) is 0 Å². The lowest BCUT2D eigenvalue weighted by Crippen LogP contribution is -2.17. The maximum absolute atomic E-state index is 11.9. The molecule has 0 radical (unpaired) electrons. The number of hydrogen-bond donors (Lipinski definition) is 3. The Morgan fingerprint density at radius 2 is 1.90 bits per heavy atom. The van der Waals surface area contributed by atoms with Crippen molar-refractivity contribution in [3.05, 3.63) is 36.5 Å². The SMILES string of the molecule is COCC(=O)Nc1ccc(NS(=O)(=O)c2ccn[nH]2)cc1. The van der Waals surface area contributed by atoms with Crippen molar-refractivity contribution in [3.63, 3.8) is 0 Å². The fraction of sp³-hybridized carbons (Fsp3) is 0.167. The molecule has 0 bridgehead atoms. The van der Waals surface area contributed by atoms with Gasteiger partial charge in [-0.2, -0.15) is 13.5 Å². The summed E-state index contributed by atoms with van der Waals surface area (Å²) in [5.74, 6) is -0.289. The van der Waals surface area contributed by atoms with Gasteiger partial charge in [-0.1, -0.05) is 0 Å². The molecule has 2 aromatic rings. The number of aromatic nitrogens is 2. The van der Waals surface area contributed by atoms with Crippen LogP contribution in [0.15, 0.2) is 41.6 Å². The summed E-state index contributed by atoms with van der Waals surface area (Å²) in [4.78, 5) is 11.3. The van der Waals surface area contributed by atoms with E-state index in [4.69, 9.17) is 4.74 Å². The quantitative estimate of drug-likeness (QED) is 0.730. The molecule has 1 heterocycles. The zero-order valence-corrected chi connectivity index (χ0v) is 12.0. The van der Waals surface area contributed by atoms with Gasteiger partial charge in [0.2, 0.25) is 5.91 Å². The molecule has 2 rings (SSSR count). The molecule has 0 unspecified atom stereocenters. The van der Waals surface area contributed by atoms with Crippen LogP contribution in [0.1, 0.15) is 0 Å². The molecule has 0 fully saturated rings. The summed E-state index contributed by atoms with van der Waals surface area (Å²) in [7, 11) is -2.27. The van der Waals surface area contributed by atoms with Gasteiger partial charge in [-0.25, -0.2) is 0 Å². The first kappa shape index (κ1) is 15.0. The van der Waals surface area contributed by atoms with Crippen molar-refractivity contribution < 1.29 is 17.9 Å². The molecule has 1 aromatic carbocycles.